The van der Waals surface area contributed by atoms with E-state index in [2.05, 4.69) is 4.98 Å². The fourth-order valence-electron chi connectivity index (χ4n) is 2.55. The highest BCUT2D eigenvalue weighted by atomic mass is 32.2. The first-order valence-electron chi connectivity index (χ1n) is 7.62. The largest absolute Gasteiger partial charge is 0.425 e. The Labute approximate surface area is 149 Å². The van der Waals surface area contributed by atoms with Crippen molar-refractivity contribution in [3.8, 4) is 5.75 Å². The summed E-state index contributed by atoms with van der Waals surface area (Å²) in [6, 6.07) is 13.9. The molecule has 7 heteroatoms. The van der Waals surface area contributed by atoms with Crippen LogP contribution in [0.3, 0.4) is 0 Å². The van der Waals surface area contributed by atoms with E-state index in [4.69, 9.17) is 10.5 Å². The van der Waals surface area contributed by atoms with Crippen LogP contribution in [0.4, 0.5) is 0 Å². The summed E-state index contributed by atoms with van der Waals surface area (Å²) in [6.45, 7) is 0.0389. The smallest absolute Gasteiger partial charge is 0.331 e. The lowest BCUT2D eigenvalue weighted by Gasteiger charge is -2.09. The summed E-state index contributed by atoms with van der Waals surface area (Å²) in [6.07, 6.45) is 1.98. The van der Waals surface area contributed by atoms with Crippen molar-refractivity contribution in [1.82, 2.24) is 9.55 Å². The number of amides is 1. The number of primary amides is 1. The third-order valence-corrected chi connectivity index (χ3v) is 4.19. The quantitative estimate of drug-likeness (QED) is 0.542. The zero-order valence-electron chi connectivity index (χ0n) is 13.6. The molecule has 0 spiro atoms. The molecule has 0 radical (unpaired) electrons. The number of benzene rings is 2. The number of carbonyl (C=O) groups excluding carboxylic acids is 2. The van der Waals surface area contributed by atoms with Gasteiger partial charge in [-0.3, -0.25) is 4.79 Å². The molecule has 0 aliphatic rings. The highest BCUT2D eigenvalue weighted by Gasteiger charge is 2.15. The van der Waals surface area contributed by atoms with Gasteiger partial charge in [0.05, 0.1) is 16.8 Å². The number of imidazole rings is 1. The molecule has 0 saturated heterocycles. The highest BCUT2D eigenvalue weighted by molar-refractivity contribution is 7.97. The van der Waals surface area contributed by atoms with Crippen molar-refractivity contribution in [1.29, 1.82) is 0 Å². The molecule has 0 atom stereocenters. The van der Waals surface area contributed by atoms with Gasteiger partial charge in [-0.2, -0.15) is 11.8 Å². The maximum Gasteiger partial charge on any atom is 0.331 e. The van der Waals surface area contributed by atoms with Crippen LogP contribution >= 0.6 is 11.8 Å². The van der Waals surface area contributed by atoms with Crippen LogP contribution in [-0.2, 0) is 17.1 Å². The Morgan fingerprint density at radius 3 is 2.76 bits per heavy atom. The van der Waals surface area contributed by atoms with Crippen molar-refractivity contribution in [3.05, 3.63) is 59.9 Å². The van der Waals surface area contributed by atoms with Crippen molar-refractivity contribution in [2.45, 2.75) is 12.3 Å². The number of hydrogen-bond acceptors (Lipinski definition) is 5. The van der Waals surface area contributed by atoms with Gasteiger partial charge in [0.2, 0.25) is 5.91 Å². The van der Waals surface area contributed by atoms with Crippen LogP contribution in [0, 0.1) is 0 Å². The number of aromatic nitrogens is 2. The number of rotatable bonds is 6. The molecular formula is C18H17N3O3S. The molecule has 128 valence electrons. The molecule has 1 amide bonds. The van der Waals surface area contributed by atoms with Crippen molar-refractivity contribution in [2.75, 3.05) is 6.26 Å². The van der Waals surface area contributed by atoms with E-state index in [9.17, 15) is 9.59 Å². The topological polar surface area (TPSA) is 87.2 Å². The summed E-state index contributed by atoms with van der Waals surface area (Å²) < 4.78 is 7.21. The minimum Gasteiger partial charge on any atom is -0.425 e. The second-order valence-electron chi connectivity index (χ2n) is 5.40. The molecule has 2 aromatic carbocycles. The maximum atomic E-state index is 12.4. The fourth-order valence-corrected chi connectivity index (χ4v) is 3.03. The lowest BCUT2D eigenvalue weighted by Crippen LogP contribution is -2.18. The summed E-state index contributed by atoms with van der Waals surface area (Å²) in [7, 11) is 0. The van der Waals surface area contributed by atoms with Crippen LogP contribution in [-0.4, -0.2) is 27.7 Å². The number of esters is 1. The molecule has 0 bridgehead atoms. The van der Waals surface area contributed by atoms with E-state index in [0.29, 0.717) is 11.3 Å². The molecule has 0 aliphatic carbocycles. The molecule has 6 nitrogen and oxygen atoms in total. The van der Waals surface area contributed by atoms with Crippen LogP contribution in [0.5, 0.6) is 5.75 Å². The standard InChI is InChI=1S/C18H17N3O3S/c1-25-11-16-20-14-7-2-3-8-15(14)21(16)10-17(22)24-13-6-4-5-12(9-13)18(19)23/h2-9H,10-11H2,1H3,(H2,19,23). The first-order valence-corrected chi connectivity index (χ1v) is 9.01. The van der Waals surface area contributed by atoms with Gasteiger partial charge in [-0.25, -0.2) is 9.78 Å². The van der Waals surface area contributed by atoms with Gasteiger partial charge in [0.1, 0.15) is 18.1 Å². The van der Waals surface area contributed by atoms with E-state index in [1.165, 1.54) is 6.07 Å². The van der Waals surface area contributed by atoms with Crippen molar-refractivity contribution < 1.29 is 14.3 Å². The average Bonchev–Trinajstić information content (AvgIpc) is 2.93. The molecule has 0 aliphatic heterocycles. The second kappa shape index (κ2) is 7.40. The van der Waals surface area contributed by atoms with Crippen molar-refractivity contribution in [3.63, 3.8) is 0 Å². The normalized spacial score (nSPS) is 10.8. The van der Waals surface area contributed by atoms with Gasteiger partial charge in [0.15, 0.2) is 0 Å². The Kier molecular flexibility index (Phi) is 5.04. The van der Waals surface area contributed by atoms with Gasteiger partial charge < -0.3 is 15.0 Å². The van der Waals surface area contributed by atoms with Gasteiger partial charge in [0.25, 0.3) is 0 Å². The molecular weight excluding hydrogens is 338 g/mol. The second-order valence-corrected chi connectivity index (χ2v) is 6.27. The van der Waals surface area contributed by atoms with E-state index >= 15 is 0 Å². The molecule has 3 rings (SSSR count). The Bertz CT molecular complexity index is 936. The fraction of sp³-hybridized carbons (Fsp3) is 0.167. The van der Waals surface area contributed by atoms with Gasteiger partial charge in [-0.15, -0.1) is 0 Å². The highest BCUT2D eigenvalue weighted by Crippen LogP contribution is 2.20. The summed E-state index contributed by atoms with van der Waals surface area (Å²) >= 11 is 1.63. The number of hydrogen-bond donors (Lipinski definition) is 1. The van der Waals surface area contributed by atoms with E-state index in [0.717, 1.165) is 16.9 Å². The summed E-state index contributed by atoms with van der Waals surface area (Å²) in [5, 5.41) is 0. The molecule has 25 heavy (non-hydrogen) atoms. The molecule has 1 aromatic heterocycles. The monoisotopic (exact) mass is 355 g/mol. The number of nitrogens with zero attached hydrogens (tertiary/aromatic N) is 2. The van der Waals surface area contributed by atoms with E-state index in [-0.39, 0.29) is 12.3 Å². The number of thioether (sulfide) groups is 1. The van der Waals surface area contributed by atoms with Gasteiger partial charge in [0, 0.05) is 5.56 Å². The molecule has 2 N–H and O–H groups in total. The first kappa shape index (κ1) is 17.0. The predicted molar refractivity (Wildman–Crippen MR) is 97.5 cm³/mol. The van der Waals surface area contributed by atoms with E-state index < -0.39 is 11.9 Å². The van der Waals surface area contributed by atoms with Gasteiger partial charge >= 0.3 is 5.97 Å². The molecule has 0 unspecified atom stereocenters. The number of ether oxygens (including phenoxy) is 1. The van der Waals surface area contributed by atoms with Crippen molar-refractivity contribution >= 4 is 34.7 Å². The Balaban J connectivity index is 1.83. The van der Waals surface area contributed by atoms with E-state index in [1.807, 2.05) is 35.1 Å². The predicted octanol–water partition coefficient (Wildman–Crippen LogP) is 2.60. The van der Waals surface area contributed by atoms with Crippen LogP contribution in [0.15, 0.2) is 48.5 Å². The Hall–Kier alpha value is -2.80. The first-order chi connectivity index (χ1) is 12.1. The average molecular weight is 355 g/mol. The molecule has 0 saturated carbocycles. The molecule has 1 heterocycles. The minimum absolute atomic E-state index is 0.0389. The van der Waals surface area contributed by atoms with Crippen LogP contribution in [0.2, 0.25) is 0 Å². The third kappa shape index (κ3) is 3.83. The minimum atomic E-state index is -0.569. The summed E-state index contributed by atoms with van der Waals surface area (Å²) in [5.74, 6) is 0.792. The number of fused-ring (bicyclic) bond motifs is 1. The number of para-hydroxylation sites is 2. The third-order valence-electron chi connectivity index (χ3n) is 3.64. The Morgan fingerprint density at radius 2 is 2.00 bits per heavy atom. The zero-order valence-corrected chi connectivity index (χ0v) is 14.5. The summed E-state index contributed by atoms with van der Waals surface area (Å²) in [5.41, 5.74) is 7.26. The van der Waals surface area contributed by atoms with Gasteiger partial charge in [-0.1, -0.05) is 18.2 Å². The zero-order chi connectivity index (χ0) is 17.8. The number of nitrogens with two attached hydrogens (primary N) is 1. The lowest BCUT2D eigenvalue weighted by molar-refractivity contribution is -0.135. The Morgan fingerprint density at radius 1 is 1.20 bits per heavy atom. The van der Waals surface area contributed by atoms with Crippen LogP contribution < -0.4 is 10.5 Å². The SMILES string of the molecule is CSCc1nc2ccccc2n1CC(=O)Oc1cccc(C(N)=O)c1. The lowest BCUT2D eigenvalue weighted by atomic mass is 10.2. The molecule has 3 aromatic rings. The number of carbonyl (C=O) groups is 2. The van der Waals surface area contributed by atoms with Crippen molar-refractivity contribution in [2.24, 2.45) is 5.73 Å². The van der Waals surface area contributed by atoms with Crippen LogP contribution in [0.1, 0.15) is 16.2 Å². The van der Waals surface area contributed by atoms with Crippen LogP contribution in [0.25, 0.3) is 11.0 Å². The molecule has 0 fully saturated rings. The maximum absolute atomic E-state index is 12.4. The van der Waals surface area contributed by atoms with Gasteiger partial charge in [-0.05, 0) is 36.6 Å². The van der Waals surface area contributed by atoms with E-state index in [1.54, 1.807) is 30.0 Å². The summed E-state index contributed by atoms with van der Waals surface area (Å²) in [4.78, 5) is 28.2.